The van der Waals surface area contributed by atoms with Crippen LogP contribution in [0.1, 0.15) is 57.0 Å². The zero-order valence-corrected chi connectivity index (χ0v) is 21.8. The maximum absolute atomic E-state index is 14.0. The molecule has 190 valence electrons. The number of nitrogens with one attached hydrogen (secondary N) is 1. The summed E-state index contributed by atoms with van der Waals surface area (Å²) in [5.41, 5.74) is 1.90. The van der Waals surface area contributed by atoms with Gasteiger partial charge in [-0.2, -0.15) is 0 Å². The predicted octanol–water partition coefficient (Wildman–Crippen LogP) is 4.98. The zero-order chi connectivity index (χ0) is 25.1. The third kappa shape index (κ3) is 5.02. The van der Waals surface area contributed by atoms with E-state index in [-0.39, 0.29) is 29.7 Å². The van der Waals surface area contributed by atoms with Gasteiger partial charge in [0.15, 0.2) is 0 Å². The number of aromatic nitrogens is 2. The lowest BCUT2D eigenvalue weighted by Gasteiger charge is -2.35. The van der Waals surface area contributed by atoms with Crippen LogP contribution in [0.25, 0.3) is 22.0 Å². The molecule has 4 heterocycles. The van der Waals surface area contributed by atoms with Crippen molar-refractivity contribution in [3.8, 4) is 11.3 Å². The molecule has 0 spiro atoms. The Morgan fingerprint density at radius 2 is 2.00 bits per heavy atom. The van der Waals surface area contributed by atoms with Gasteiger partial charge in [-0.25, -0.2) is 4.98 Å². The van der Waals surface area contributed by atoms with Crippen LogP contribution in [0.5, 0.6) is 0 Å². The third-order valence-electron chi connectivity index (χ3n) is 7.65. The number of ether oxygens (including phenoxy) is 1. The summed E-state index contributed by atoms with van der Waals surface area (Å²) in [4.78, 5) is 38.2. The molecule has 3 atom stereocenters. The van der Waals surface area contributed by atoms with Crippen molar-refractivity contribution in [2.24, 2.45) is 11.8 Å². The number of fused-ring (bicyclic) bond motifs is 1. The predicted molar refractivity (Wildman–Crippen MR) is 141 cm³/mol. The lowest BCUT2D eigenvalue weighted by atomic mass is 9.90. The van der Waals surface area contributed by atoms with Crippen molar-refractivity contribution in [3.63, 3.8) is 0 Å². The molecule has 7 nitrogen and oxygen atoms in total. The van der Waals surface area contributed by atoms with E-state index in [0.717, 1.165) is 59.1 Å². The number of likely N-dealkylation sites (tertiary alicyclic amines) is 1. The molecular weight excluding hydrogens is 472 g/mol. The molecule has 1 N–H and O–H groups in total. The molecule has 0 saturated carbocycles. The van der Waals surface area contributed by atoms with E-state index in [2.05, 4.69) is 27.8 Å². The van der Waals surface area contributed by atoms with Crippen LogP contribution in [-0.2, 0) is 14.3 Å². The highest BCUT2D eigenvalue weighted by atomic mass is 32.1. The molecule has 2 fully saturated rings. The Morgan fingerprint density at radius 3 is 2.81 bits per heavy atom. The highest BCUT2D eigenvalue weighted by Gasteiger charge is 2.40. The average Bonchev–Trinajstić information content (AvgIpc) is 3.61. The molecule has 1 aromatic carbocycles. The average molecular weight is 507 g/mol. The molecule has 0 unspecified atom stereocenters. The Hall–Kier alpha value is -2.84. The minimum atomic E-state index is -0.516. The van der Waals surface area contributed by atoms with Crippen molar-refractivity contribution < 1.29 is 14.3 Å². The Labute approximate surface area is 216 Å². The van der Waals surface area contributed by atoms with Crippen molar-refractivity contribution in [2.75, 3.05) is 19.8 Å². The van der Waals surface area contributed by atoms with Crippen molar-refractivity contribution in [2.45, 2.75) is 58.0 Å². The number of hydrogen-bond acceptors (Lipinski definition) is 6. The van der Waals surface area contributed by atoms with Crippen molar-refractivity contribution in [1.29, 1.82) is 0 Å². The van der Waals surface area contributed by atoms with Gasteiger partial charge in [0.05, 0.1) is 11.7 Å². The summed E-state index contributed by atoms with van der Waals surface area (Å²) in [5.74, 6) is -0.0535. The fraction of sp³-hybridized carbons (Fsp3) is 0.500. The van der Waals surface area contributed by atoms with Crippen molar-refractivity contribution >= 4 is 33.9 Å². The maximum Gasteiger partial charge on any atom is 0.246 e. The lowest BCUT2D eigenvalue weighted by Crippen LogP contribution is -2.54. The second-order valence-electron chi connectivity index (χ2n) is 9.91. The van der Waals surface area contributed by atoms with Gasteiger partial charge in [0.1, 0.15) is 11.0 Å². The van der Waals surface area contributed by atoms with E-state index in [1.54, 1.807) is 11.3 Å². The van der Waals surface area contributed by atoms with Crippen LogP contribution < -0.4 is 5.32 Å². The summed E-state index contributed by atoms with van der Waals surface area (Å²) in [5, 5.41) is 8.35. The maximum atomic E-state index is 14.0. The Bertz CT molecular complexity index is 1220. The summed E-state index contributed by atoms with van der Waals surface area (Å²) < 4.78 is 5.54. The summed E-state index contributed by atoms with van der Waals surface area (Å²) in [7, 11) is 0. The molecule has 36 heavy (non-hydrogen) atoms. The standard InChI is InChI=1S/C28H34N4O3S/c1-3-18(2)26(33)31-25(19-10-13-35-14-11-19)28(34)32-12-6-9-24(32)27-30-23(17-36-27)22-16-29-15-20-7-4-5-8-21(20)22/h4-5,7-8,15-19,24-25H,3,6,9-14H2,1-2H3,(H,31,33)/t18-,24+,25+/m1/s1. The largest absolute Gasteiger partial charge is 0.381 e. The molecule has 2 aliphatic heterocycles. The topological polar surface area (TPSA) is 84.4 Å². The van der Waals surface area contributed by atoms with Crippen LogP contribution in [-0.4, -0.2) is 52.5 Å². The smallest absolute Gasteiger partial charge is 0.246 e. The molecular formula is C28H34N4O3S. The quantitative estimate of drug-likeness (QED) is 0.489. The van der Waals surface area contributed by atoms with Crippen molar-refractivity contribution in [1.82, 2.24) is 20.2 Å². The number of benzene rings is 1. The highest BCUT2D eigenvalue weighted by Crippen LogP contribution is 2.38. The molecule has 3 aromatic rings. The van der Waals surface area contributed by atoms with Gasteiger partial charge in [-0.1, -0.05) is 38.1 Å². The molecule has 2 saturated heterocycles. The molecule has 2 aromatic heterocycles. The van der Waals surface area contributed by atoms with E-state index >= 15 is 0 Å². The van der Waals surface area contributed by atoms with Crippen LogP contribution in [0.2, 0.25) is 0 Å². The van der Waals surface area contributed by atoms with Gasteiger partial charge in [-0.05, 0) is 43.4 Å². The van der Waals surface area contributed by atoms with Crippen LogP contribution in [0, 0.1) is 11.8 Å². The van der Waals surface area contributed by atoms with Gasteiger partial charge in [0, 0.05) is 54.4 Å². The normalized spacial score (nSPS) is 20.4. The van der Waals surface area contributed by atoms with Gasteiger partial charge in [-0.3, -0.25) is 14.6 Å². The number of pyridine rings is 1. The lowest BCUT2D eigenvalue weighted by molar-refractivity contribution is -0.140. The molecule has 0 aliphatic carbocycles. The molecule has 8 heteroatoms. The SMILES string of the molecule is CC[C@@H](C)C(=O)N[C@H](C(=O)N1CCC[C@H]1c1nc(-c2cncc3ccccc23)cs1)C1CCOCC1. The first-order chi connectivity index (χ1) is 17.6. The fourth-order valence-electron chi connectivity index (χ4n) is 5.26. The highest BCUT2D eigenvalue weighted by molar-refractivity contribution is 7.10. The van der Waals surface area contributed by atoms with E-state index in [1.165, 1.54) is 0 Å². The first kappa shape index (κ1) is 24.8. The number of hydrogen-bond donors (Lipinski definition) is 1. The summed E-state index contributed by atoms with van der Waals surface area (Å²) in [6.07, 6.45) is 7.86. The third-order valence-corrected chi connectivity index (χ3v) is 8.59. The number of thiazole rings is 1. The Morgan fingerprint density at radius 1 is 1.19 bits per heavy atom. The van der Waals surface area contributed by atoms with E-state index in [1.807, 2.05) is 43.3 Å². The van der Waals surface area contributed by atoms with Gasteiger partial charge in [-0.15, -0.1) is 11.3 Å². The number of amides is 2. The van der Waals surface area contributed by atoms with Crippen LogP contribution in [0.4, 0.5) is 0 Å². The Balaban J connectivity index is 1.40. The van der Waals surface area contributed by atoms with Crippen LogP contribution >= 0.6 is 11.3 Å². The van der Waals surface area contributed by atoms with Crippen molar-refractivity contribution in [3.05, 3.63) is 47.0 Å². The van der Waals surface area contributed by atoms with Crippen LogP contribution in [0.3, 0.4) is 0 Å². The second kappa shape index (κ2) is 11.0. The van der Waals surface area contributed by atoms with Crippen LogP contribution in [0.15, 0.2) is 42.0 Å². The van der Waals surface area contributed by atoms with E-state index in [0.29, 0.717) is 19.8 Å². The molecule has 5 rings (SSSR count). The monoisotopic (exact) mass is 506 g/mol. The molecule has 0 bridgehead atoms. The molecule has 0 radical (unpaired) electrons. The minimum absolute atomic E-state index is 0.0182. The number of carbonyl (C=O) groups excluding carboxylic acids is 2. The van der Waals surface area contributed by atoms with E-state index < -0.39 is 6.04 Å². The number of nitrogens with zero attached hydrogens (tertiary/aromatic N) is 3. The van der Waals surface area contributed by atoms with Gasteiger partial charge < -0.3 is 15.0 Å². The molecule has 2 amide bonds. The second-order valence-corrected chi connectivity index (χ2v) is 10.8. The first-order valence-electron chi connectivity index (χ1n) is 13.0. The summed E-state index contributed by atoms with van der Waals surface area (Å²) >= 11 is 1.60. The zero-order valence-electron chi connectivity index (χ0n) is 21.0. The fourth-order valence-corrected chi connectivity index (χ4v) is 6.23. The number of rotatable bonds is 7. The first-order valence-corrected chi connectivity index (χ1v) is 13.9. The number of carbonyl (C=O) groups is 2. The molecule has 2 aliphatic rings. The Kier molecular flexibility index (Phi) is 7.62. The van der Waals surface area contributed by atoms with E-state index in [4.69, 9.17) is 9.72 Å². The minimum Gasteiger partial charge on any atom is -0.381 e. The van der Waals surface area contributed by atoms with Gasteiger partial charge >= 0.3 is 0 Å². The summed E-state index contributed by atoms with van der Waals surface area (Å²) in [6.45, 7) is 5.86. The van der Waals surface area contributed by atoms with Gasteiger partial charge in [0.25, 0.3) is 0 Å². The van der Waals surface area contributed by atoms with Gasteiger partial charge in [0.2, 0.25) is 11.8 Å². The van der Waals surface area contributed by atoms with E-state index in [9.17, 15) is 9.59 Å². The summed E-state index contributed by atoms with van der Waals surface area (Å²) in [6, 6.07) is 7.60.